The van der Waals surface area contributed by atoms with Gasteiger partial charge in [0.05, 0.1) is 18.0 Å². The molecule has 0 bridgehead atoms. The normalized spacial score (nSPS) is 10.7. The number of methoxy groups -OCH3 is 1. The van der Waals surface area contributed by atoms with Gasteiger partial charge >= 0.3 is 0 Å². The molecule has 2 aromatic heterocycles. The lowest BCUT2D eigenvalue weighted by Gasteiger charge is -1.95. The zero-order chi connectivity index (χ0) is 10.7. The molecule has 0 fully saturated rings. The number of carbonyl (C=O) groups excluding carboxylic acids is 1. The maximum Gasteiger partial charge on any atom is 0.166 e. The number of aldehydes is 1. The van der Waals surface area contributed by atoms with Crippen LogP contribution in [0.2, 0.25) is 0 Å². The first-order chi connectivity index (χ1) is 7.35. The Kier molecular flexibility index (Phi) is 2.78. The van der Waals surface area contributed by atoms with Crippen LogP contribution >= 0.6 is 0 Å². The molecule has 0 spiro atoms. The van der Waals surface area contributed by atoms with Crippen LogP contribution in [0.1, 0.15) is 16.2 Å². The van der Waals surface area contributed by atoms with Crippen LogP contribution in [0, 0.1) is 0 Å². The molecule has 4 heteroatoms. The molecule has 2 aromatic rings. The Balaban J connectivity index is 2.41. The second-order valence-corrected chi connectivity index (χ2v) is 3.27. The number of rotatable bonds is 4. The van der Waals surface area contributed by atoms with E-state index in [-0.39, 0.29) is 0 Å². The number of pyridine rings is 1. The Morgan fingerprint density at radius 1 is 1.53 bits per heavy atom. The summed E-state index contributed by atoms with van der Waals surface area (Å²) in [5.41, 5.74) is 2.35. The van der Waals surface area contributed by atoms with Crippen molar-refractivity contribution in [1.29, 1.82) is 0 Å². The summed E-state index contributed by atoms with van der Waals surface area (Å²) in [5, 5.41) is 0. The molecule has 15 heavy (non-hydrogen) atoms. The number of nitrogens with zero attached hydrogens (tertiary/aromatic N) is 2. The first-order valence-electron chi connectivity index (χ1n) is 4.76. The van der Waals surface area contributed by atoms with Gasteiger partial charge in [0.2, 0.25) is 0 Å². The monoisotopic (exact) mass is 204 g/mol. The fourth-order valence-electron chi connectivity index (χ4n) is 1.51. The molecule has 0 atom stereocenters. The van der Waals surface area contributed by atoms with Crippen LogP contribution in [-0.2, 0) is 11.2 Å². The van der Waals surface area contributed by atoms with Crippen LogP contribution in [0.25, 0.3) is 5.65 Å². The number of ether oxygens (including phenoxy) is 1. The van der Waals surface area contributed by atoms with Crippen molar-refractivity contribution < 1.29 is 9.53 Å². The molecule has 0 aromatic carbocycles. The lowest BCUT2D eigenvalue weighted by atomic mass is 10.3. The molecule has 0 saturated carbocycles. The highest BCUT2D eigenvalue weighted by Crippen LogP contribution is 2.08. The third-order valence-electron chi connectivity index (χ3n) is 2.26. The Labute approximate surface area is 87.5 Å². The van der Waals surface area contributed by atoms with E-state index in [4.69, 9.17) is 4.74 Å². The van der Waals surface area contributed by atoms with E-state index < -0.39 is 0 Å². The minimum Gasteiger partial charge on any atom is -0.384 e. The summed E-state index contributed by atoms with van der Waals surface area (Å²) in [5.74, 6) is 0. The van der Waals surface area contributed by atoms with Crippen LogP contribution in [-0.4, -0.2) is 29.4 Å². The van der Waals surface area contributed by atoms with Gasteiger partial charge in [0.1, 0.15) is 5.65 Å². The van der Waals surface area contributed by atoms with Gasteiger partial charge < -0.3 is 4.74 Å². The molecular weight excluding hydrogens is 192 g/mol. The lowest BCUT2D eigenvalue weighted by Crippen LogP contribution is -1.94. The number of carbonyl (C=O) groups is 1. The lowest BCUT2D eigenvalue weighted by molar-refractivity contribution is 0.111. The van der Waals surface area contributed by atoms with Crippen LogP contribution in [0.5, 0.6) is 0 Å². The summed E-state index contributed by atoms with van der Waals surface area (Å²) in [6.07, 6.45) is 3.46. The maximum atomic E-state index is 10.8. The van der Waals surface area contributed by atoms with Crippen molar-refractivity contribution in [2.45, 2.75) is 6.42 Å². The van der Waals surface area contributed by atoms with Crippen LogP contribution < -0.4 is 0 Å². The van der Waals surface area contributed by atoms with Crippen molar-refractivity contribution in [3.63, 3.8) is 0 Å². The molecule has 78 valence electrons. The van der Waals surface area contributed by atoms with Crippen molar-refractivity contribution in [1.82, 2.24) is 9.38 Å². The molecule has 2 rings (SSSR count). The van der Waals surface area contributed by atoms with Gasteiger partial charge in [-0.25, -0.2) is 4.98 Å². The first kappa shape index (κ1) is 9.86. The second kappa shape index (κ2) is 4.23. The number of hydrogen-bond acceptors (Lipinski definition) is 3. The fraction of sp³-hybridized carbons (Fsp3) is 0.273. The molecule has 0 saturated heterocycles. The van der Waals surface area contributed by atoms with E-state index in [2.05, 4.69) is 4.98 Å². The quantitative estimate of drug-likeness (QED) is 0.706. The van der Waals surface area contributed by atoms with Crippen molar-refractivity contribution >= 4 is 11.9 Å². The van der Waals surface area contributed by atoms with Gasteiger partial charge in [0, 0.05) is 19.7 Å². The average Bonchev–Trinajstić information content (AvgIpc) is 2.68. The zero-order valence-electron chi connectivity index (χ0n) is 8.51. The molecule has 0 N–H and O–H groups in total. The number of fused-ring (bicyclic) bond motifs is 1. The Morgan fingerprint density at radius 3 is 3.13 bits per heavy atom. The molecule has 0 aliphatic rings. The highest BCUT2D eigenvalue weighted by Gasteiger charge is 2.03. The van der Waals surface area contributed by atoms with Crippen molar-refractivity contribution in [3.8, 4) is 0 Å². The van der Waals surface area contributed by atoms with E-state index in [1.807, 2.05) is 18.3 Å². The smallest absolute Gasteiger partial charge is 0.166 e. The predicted octanol–water partition coefficient (Wildman–Crippen LogP) is 1.34. The van der Waals surface area contributed by atoms with E-state index in [0.717, 1.165) is 24.0 Å². The van der Waals surface area contributed by atoms with Gasteiger partial charge in [-0.1, -0.05) is 6.07 Å². The third-order valence-corrected chi connectivity index (χ3v) is 2.26. The van der Waals surface area contributed by atoms with Gasteiger partial charge in [-0.15, -0.1) is 0 Å². The second-order valence-electron chi connectivity index (χ2n) is 3.27. The van der Waals surface area contributed by atoms with E-state index in [1.165, 1.54) is 0 Å². The molecule has 2 heterocycles. The minimum atomic E-state index is 0.615. The molecule has 0 amide bonds. The SMILES string of the molecule is COCCc1cn2c(C=O)cccc2n1. The Morgan fingerprint density at radius 2 is 2.40 bits per heavy atom. The van der Waals surface area contributed by atoms with Crippen LogP contribution in [0.15, 0.2) is 24.4 Å². The summed E-state index contributed by atoms with van der Waals surface area (Å²) in [6, 6.07) is 5.47. The summed E-state index contributed by atoms with van der Waals surface area (Å²) >= 11 is 0. The van der Waals surface area contributed by atoms with Gasteiger partial charge in [0.15, 0.2) is 6.29 Å². The van der Waals surface area contributed by atoms with E-state index in [9.17, 15) is 4.79 Å². The van der Waals surface area contributed by atoms with Gasteiger partial charge in [-0.05, 0) is 12.1 Å². The van der Waals surface area contributed by atoms with Gasteiger partial charge in [-0.3, -0.25) is 9.20 Å². The summed E-state index contributed by atoms with van der Waals surface area (Å²) in [7, 11) is 1.66. The largest absolute Gasteiger partial charge is 0.384 e. The third kappa shape index (κ3) is 1.89. The molecular formula is C11H12N2O2. The standard InChI is InChI=1S/C11H12N2O2/c1-15-6-5-9-7-13-10(8-14)3-2-4-11(13)12-9/h2-4,7-8H,5-6H2,1H3. The van der Waals surface area contributed by atoms with Gasteiger partial charge in [0.25, 0.3) is 0 Å². The molecule has 0 radical (unpaired) electrons. The Hall–Kier alpha value is -1.68. The number of hydrogen-bond donors (Lipinski definition) is 0. The van der Waals surface area contributed by atoms with Crippen molar-refractivity contribution in [2.24, 2.45) is 0 Å². The highest BCUT2D eigenvalue weighted by molar-refractivity contribution is 5.73. The van der Waals surface area contributed by atoms with E-state index in [1.54, 1.807) is 17.6 Å². The predicted molar refractivity (Wildman–Crippen MR) is 56.2 cm³/mol. The van der Waals surface area contributed by atoms with Gasteiger partial charge in [-0.2, -0.15) is 0 Å². The minimum absolute atomic E-state index is 0.615. The summed E-state index contributed by atoms with van der Waals surface area (Å²) < 4.78 is 6.77. The average molecular weight is 204 g/mol. The molecule has 0 aliphatic heterocycles. The summed E-state index contributed by atoms with van der Waals surface area (Å²) in [6.45, 7) is 0.639. The molecule has 4 nitrogen and oxygen atoms in total. The molecule has 0 aliphatic carbocycles. The maximum absolute atomic E-state index is 10.8. The zero-order valence-corrected chi connectivity index (χ0v) is 8.51. The topological polar surface area (TPSA) is 43.6 Å². The summed E-state index contributed by atoms with van der Waals surface area (Å²) in [4.78, 5) is 15.2. The van der Waals surface area contributed by atoms with Crippen LogP contribution in [0.4, 0.5) is 0 Å². The fourth-order valence-corrected chi connectivity index (χ4v) is 1.51. The van der Waals surface area contributed by atoms with Crippen LogP contribution in [0.3, 0.4) is 0 Å². The van der Waals surface area contributed by atoms with Crippen molar-refractivity contribution in [2.75, 3.05) is 13.7 Å². The van der Waals surface area contributed by atoms with E-state index in [0.29, 0.717) is 12.3 Å². The van der Waals surface area contributed by atoms with Crippen molar-refractivity contribution in [3.05, 3.63) is 35.8 Å². The Bertz CT molecular complexity index is 476. The number of aromatic nitrogens is 2. The first-order valence-corrected chi connectivity index (χ1v) is 4.76. The highest BCUT2D eigenvalue weighted by atomic mass is 16.5. The number of imidazole rings is 1. The molecule has 0 unspecified atom stereocenters. The van der Waals surface area contributed by atoms with E-state index >= 15 is 0 Å².